The van der Waals surface area contributed by atoms with Crippen molar-refractivity contribution < 1.29 is 28.8 Å². The van der Waals surface area contributed by atoms with Gasteiger partial charge in [-0.25, -0.2) is 0 Å². The van der Waals surface area contributed by atoms with Crippen molar-refractivity contribution in [2.24, 2.45) is 10.8 Å². The molecule has 4 aliphatic rings. The van der Waals surface area contributed by atoms with Crippen LogP contribution in [0.4, 0.5) is 11.4 Å². The molecule has 6 amide bonds. The van der Waals surface area contributed by atoms with Crippen molar-refractivity contribution >= 4 is 70.3 Å². The molecule has 0 spiro atoms. The van der Waals surface area contributed by atoms with Crippen molar-refractivity contribution in [2.75, 3.05) is 36.2 Å². The van der Waals surface area contributed by atoms with Crippen molar-refractivity contribution in [3.05, 3.63) is 59.7 Å². The van der Waals surface area contributed by atoms with Crippen LogP contribution in [-0.4, -0.2) is 118 Å². The van der Waals surface area contributed by atoms with Gasteiger partial charge in [0.2, 0.25) is 35.4 Å². The van der Waals surface area contributed by atoms with E-state index < -0.39 is 47.1 Å². The van der Waals surface area contributed by atoms with Gasteiger partial charge in [0.1, 0.15) is 24.2 Å². The number of rotatable bonds is 12. The number of nitrogens with zero attached hydrogens (tertiary/aromatic N) is 2. The lowest BCUT2D eigenvalue weighted by Gasteiger charge is -2.34. The molecule has 4 heterocycles. The highest BCUT2D eigenvalue weighted by Gasteiger charge is 2.56. The van der Waals surface area contributed by atoms with Gasteiger partial charge < -0.3 is 41.7 Å². The summed E-state index contributed by atoms with van der Waals surface area (Å²) in [6.45, 7) is 11.5. The Morgan fingerprint density at radius 3 is 1.34 bits per heavy atom. The van der Waals surface area contributed by atoms with Crippen LogP contribution in [0.25, 0.3) is 0 Å². The summed E-state index contributed by atoms with van der Waals surface area (Å²) in [5, 5.41) is 17.4. The van der Waals surface area contributed by atoms with E-state index >= 15 is 0 Å². The molecule has 14 nitrogen and oxygen atoms in total. The standard InChI is InChI=1S/C43H60N8O6S2/c1-24(44-7)36(52)48-30-17-19-58-32-22-42(3,4)34(50(32)40(30)56)38(54)46-28-13-9-26(10-14-28)21-27-11-15-29(16-12-27)47-39(55)35-43(5,6)23-33-51(35)41(57)31(18-20-59-33)49-37(53)25(2)45-8/h9-16,24-25,30-35,44-45H,17-23H2,1-8H3,(H,46,54)(H,47,55)(H,48,52)(H,49,53)/t24-,25-,30-,31-,32?,33?,34+,35+/m0/s1. The molecule has 2 aromatic carbocycles. The fraction of sp³-hybridized carbons (Fsp3) is 0.581. The maximum absolute atomic E-state index is 13.9. The largest absolute Gasteiger partial charge is 0.343 e. The average molecular weight is 849 g/mol. The van der Waals surface area contributed by atoms with Gasteiger partial charge in [0.15, 0.2) is 0 Å². The number of benzene rings is 2. The molecule has 2 aromatic rings. The molecule has 0 radical (unpaired) electrons. The molecule has 4 saturated heterocycles. The highest BCUT2D eigenvalue weighted by Crippen LogP contribution is 2.48. The highest BCUT2D eigenvalue weighted by atomic mass is 32.2. The zero-order valence-electron chi connectivity index (χ0n) is 35.3. The quantitative estimate of drug-likeness (QED) is 0.185. The smallest absolute Gasteiger partial charge is 0.247 e. The van der Waals surface area contributed by atoms with Crippen LogP contribution in [0.15, 0.2) is 48.5 Å². The molecule has 0 saturated carbocycles. The van der Waals surface area contributed by atoms with Crippen molar-refractivity contribution in [1.82, 2.24) is 31.1 Å². The zero-order valence-corrected chi connectivity index (χ0v) is 37.0. The Bertz CT molecular complexity index is 1770. The molecule has 320 valence electrons. The van der Waals surface area contributed by atoms with Crippen LogP contribution in [0.2, 0.25) is 0 Å². The molecule has 6 rings (SSSR count). The van der Waals surface area contributed by atoms with Gasteiger partial charge in [0.05, 0.1) is 22.8 Å². The lowest BCUT2D eigenvalue weighted by atomic mass is 9.84. The molecule has 6 N–H and O–H groups in total. The fourth-order valence-electron chi connectivity index (χ4n) is 8.63. The first-order chi connectivity index (χ1) is 27.9. The molecule has 8 atom stereocenters. The van der Waals surface area contributed by atoms with Gasteiger partial charge in [-0.05, 0) is 118 Å². The Labute approximate surface area is 356 Å². The summed E-state index contributed by atoms with van der Waals surface area (Å²) < 4.78 is 0. The second kappa shape index (κ2) is 18.2. The summed E-state index contributed by atoms with van der Waals surface area (Å²) in [4.78, 5) is 84.4. The van der Waals surface area contributed by atoms with Gasteiger partial charge in [0, 0.05) is 11.4 Å². The predicted octanol–water partition coefficient (Wildman–Crippen LogP) is 3.52. The van der Waals surface area contributed by atoms with E-state index in [4.69, 9.17) is 0 Å². The summed E-state index contributed by atoms with van der Waals surface area (Å²) in [5.74, 6) is -0.0422. The molecular formula is C43H60N8O6S2. The number of anilines is 2. The van der Waals surface area contributed by atoms with Crippen molar-refractivity contribution in [2.45, 2.75) is 121 Å². The number of nitrogens with one attached hydrogen (secondary N) is 6. The summed E-state index contributed by atoms with van der Waals surface area (Å²) in [6, 6.07) is 11.6. The summed E-state index contributed by atoms with van der Waals surface area (Å²) in [6.07, 6.45) is 2.98. The molecule has 59 heavy (non-hydrogen) atoms. The Balaban J connectivity index is 1.07. The number of hydrogen-bond acceptors (Lipinski definition) is 10. The Kier molecular flexibility index (Phi) is 13.7. The molecule has 2 unspecified atom stereocenters. The number of amides is 6. The van der Waals surface area contributed by atoms with E-state index in [2.05, 4.69) is 31.9 Å². The number of thioether (sulfide) groups is 2. The maximum atomic E-state index is 13.9. The fourth-order valence-corrected chi connectivity index (χ4v) is 11.8. The lowest BCUT2D eigenvalue weighted by molar-refractivity contribution is -0.142. The van der Waals surface area contributed by atoms with Gasteiger partial charge >= 0.3 is 0 Å². The van der Waals surface area contributed by atoms with Gasteiger partial charge in [-0.1, -0.05) is 52.0 Å². The Morgan fingerprint density at radius 2 is 1.00 bits per heavy atom. The van der Waals surface area contributed by atoms with Gasteiger partial charge in [-0.15, -0.1) is 23.5 Å². The topological polar surface area (TPSA) is 181 Å². The number of carbonyl (C=O) groups is 6. The molecule has 16 heteroatoms. The van der Waals surface area contributed by atoms with Crippen LogP contribution in [0, 0.1) is 10.8 Å². The third-order valence-electron chi connectivity index (χ3n) is 12.2. The first-order valence-corrected chi connectivity index (χ1v) is 22.7. The van der Waals surface area contributed by atoms with E-state index in [0.29, 0.717) is 55.0 Å². The van der Waals surface area contributed by atoms with Gasteiger partial charge in [0.25, 0.3) is 0 Å². The minimum atomic E-state index is -0.702. The SMILES string of the molecule is CN[C@@H](C)C(=O)N[C@H]1CCSC2CC(C)(C)[C@@H](C(=O)Nc3ccc(Cc4ccc(NC(=O)[C@H]5N6C(=O)[C@@H](NC(=O)[C@H](C)NC)CCSC6CC5(C)C)cc4)cc3)N2C1=O. The number of likely N-dealkylation sites (N-methyl/N-ethyl adjacent to an activating group) is 2. The second-order valence-electron chi connectivity index (χ2n) is 17.6. The summed E-state index contributed by atoms with van der Waals surface area (Å²) >= 11 is 3.32. The van der Waals surface area contributed by atoms with Gasteiger partial charge in [-0.2, -0.15) is 0 Å². The second-order valence-corrected chi connectivity index (χ2v) is 20.2. The number of hydrogen-bond donors (Lipinski definition) is 6. The summed E-state index contributed by atoms with van der Waals surface area (Å²) in [5.41, 5.74) is 2.35. The predicted molar refractivity (Wildman–Crippen MR) is 234 cm³/mol. The van der Waals surface area contributed by atoms with Crippen LogP contribution in [-0.2, 0) is 35.2 Å². The Hall–Kier alpha value is -4.12. The molecule has 0 aliphatic carbocycles. The maximum Gasteiger partial charge on any atom is 0.247 e. The minimum Gasteiger partial charge on any atom is -0.343 e. The van der Waals surface area contributed by atoms with Gasteiger partial charge in [-0.3, -0.25) is 28.8 Å². The van der Waals surface area contributed by atoms with Crippen LogP contribution in [0.5, 0.6) is 0 Å². The first kappa shape index (κ1) is 44.4. The average Bonchev–Trinajstić information content (AvgIpc) is 3.51. The van der Waals surface area contributed by atoms with E-state index in [-0.39, 0.29) is 46.2 Å². The van der Waals surface area contributed by atoms with E-state index in [0.717, 1.165) is 11.1 Å². The van der Waals surface area contributed by atoms with Crippen LogP contribution in [0.3, 0.4) is 0 Å². The van der Waals surface area contributed by atoms with Crippen molar-refractivity contribution in [3.8, 4) is 0 Å². The minimum absolute atomic E-state index is 0.149. The molecule has 4 aliphatic heterocycles. The van der Waals surface area contributed by atoms with E-state index in [1.165, 1.54) is 0 Å². The molecule has 0 bridgehead atoms. The van der Waals surface area contributed by atoms with E-state index in [9.17, 15) is 28.8 Å². The molecule has 4 fully saturated rings. The number of carbonyl (C=O) groups excluding carboxylic acids is 6. The van der Waals surface area contributed by atoms with Crippen LogP contribution in [0.1, 0.15) is 78.4 Å². The monoisotopic (exact) mass is 848 g/mol. The zero-order chi connectivity index (χ0) is 42.8. The van der Waals surface area contributed by atoms with Crippen molar-refractivity contribution in [1.29, 1.82) is 0 Å². The van der Waals surface area contributed by atoms with E-state index in [1.54, 1.807) is 61.3 Å². The molecular weight excluding hydrogens is 789 g/mol. The highest BCUT2D eigenvalue weighted by molar-refractivity contribution is 8.00. The number of fused-ring (bicyclic) bond motifs is 2. The third kappa shape index (κ3) is 9.76. The van der Waals surface area contributed by atoms with Crippen LogP contribution >= 0.6 is 23.5 Å². The van der Waals surface area contributed by atoms with Crippen molar-refractivity contribution in [3.63, 3.8) is 0 Å². The molecule has 0 aromatic heterocycles. The first-order valence-electron chi connectivity index (χ1n) is 20.6. The van der Waals surface area contributed by atoms with E-state index in [1.807, 2.05) is 76.2 Å². The third-order valence-corrected chi connectivity index (χ3v) is 14.7. The van der Waals surface area contributed by atoms with Crippen LogP contribution < -0.4 is 31.9 Å². The Morgan fingerprint density at radius 1 is 0.644 bits per heavy atom. The summed E-state index contributed by atoms with van der Waals surface area (Å²) in [7, 11) is 3.39. The normalized spacial score (nSPS) is 27.1. The lowest BCUT2D eigenvalue weighted by Crippen LogP contribution is -2.57.